The Labute approximate surface area is 183 Å². The second kappa shape index (κ2) is 8.35. The van der Waals surface area contributed by atoms with Crippen LogP contribution in [0.15, 0.2) is 42.7 Å². The summed E-state index contributed by atoms with van der Waals surface area (Å²) in [5.41, 5.74) is 1.32. The largest absolute Gasteiger partial charge is 0.321 e. The number of benzene rings is 1. The smallest absolute Gasteiger partial charge is 0.267 e. The number of rotatable bonds is 5. The lowest BCUT2D eigenvalue weighted by molar-refractivity contribution is -0.138. The van der Waals surface area contributed by atoms with Crippen molar-refractivity contribution in [2.24, 2.45) is 0 Å². The Morgan fingerprint density at radius 1 is 1.19 bits per heavy atom. The third-order valence-corrected chi connectivity index (χ3v) is 6.68. The number of imide groups is 1. The van der Waals surface area contributed by atoms with Crippen LogP contribution in [0.4, 0.5) is 5.69 Å². The molecule has 158 valence electrons. The number of piperidine rings is 1. The van der Waals surface area contributed by atoms with Crippen LogP contribution in [0, 0.1) is 6.92 Å². The zero-order valence-electron chi connectivity index (χ0n) is 17.1. The van der Waals surface area contributed by atoms with Crippen molar-refractivity contribution in [3.05, 3.63) is 58.9 Å². The molecule has 1 aromatic carbocycles. The van der Waals surface area contributed by atoms with E-state index in [4.69, 9.17) is 0 Å². The van der Waals surface area contributed by atoms with Gasteiger partial charge in [0.05, 0.1) is 11.1 Å². The molecule has 1 aliphatic heterocycles. The normalized spacial score (nSPS) is 18.5. The van der Waals surface area contributed by atoms with Crippen LogP contribution in [-0.2, 0) is 15.0 Å². The van der Waals surface area contributed by atoms with Crippen LogP contribution < -0.4 is 10.6 Å². The Morgan fingerprint density at radius 3 is 2.55 bits per heavy atom. The van der Waals surface area contributed by atoms with E-state index >= 15 is 0 Å². The quantitative estimate of drug-likeness (QED) is 0.595. The molecule has 9 heteroatoms. The highest BCUT2D eigenvalue weighted by atomic mass is 32.1. The molecule has 0 aliphatic carbocycles. The monoisotopic (exact) mass is 435 g/mol. The summed E-state index contributed by atoms with van der Waals surface area (Å²) in [5, 5.41) is 5.91. The Morgan fingerprint density at radius 2 is 1.90 bits per heavy atom. The van der Waals surface area contributed by atoms with Gasteiger partial charge in [-0.05, 0) is 43.5 Å². The van der Waals surface area contributed by atoms with Crippen molar-refractivity contribution in [1.29, 1.82) is 0 Å². The van der Waals surface area contributed by atoms with Crippen LogP contribution in [-0.4, -0.2) is 32.7 Å². The fourth-order valence-corrected chi connectivity index (χ4v) is 4.65. The number of hydrogen-bond donors (Lipinski definition) is 2. The second-order valence-electron chi connectivity index (χ2n) is 7.35. The van der Waals surface area contributed by atoms with Gasteiger partial charge < -0.3 is 5.32 Å². The van der Waals surface area contributed by atoms with Gasteiger partial charge in [-0.15, -0.1) is 11.3 Å². The first-order chi connectivity index (χ1) is 14.9. The molecule has 3 heterocycles. The molecule has 0 saturated carbocycles. The van der Waals surface area contributed by atoms with Gasteiger partial charge in [0, 0.05) is 24.5 Å². The molecule has 1 unspecified atom stereocenters. The van der Waals surface area contributed by atoms with E-state index in [2.05, 4.69) is 25.6 Å². The Balaban J connectivity index is 1.52. The molecule has 2 N–H and O–H groups in total. The van der Waals surface area contributed by atoms with E-state index in [1.165, 1.54) is 11.3 Å². The maximum atomic E-state index is 12.8. The molecule has 1 atom stereocenters. The number of anilines is 1. The first kappa shape index (κ1) is 20.8. The van der Waals surface area contributed by atoms with Crippen molar-refractivity contribution < 1.29 is 14.4 Å². The zero-order chi connectivity index (χ0) is 22.0. The number of nitrogens with one attached hydrogen (secondary N) is 2. The van der Waals surface area contributed by atoms with E-state index in [-0.39, 0.29) is 17.7 Å². The highest BCUT2D eigenvalue weighted by Crippen LogP contribution is 2.36. The molecule has 1 fully saturated rings. The minimum absolute atomic E-state index is 0.238. The van der Waals surface area contributed by atoms with Crippen molar-refractivity contribution in [3.8, 4) is 10.8 Å². The molecule has 3 amide bonds. The average molecular weight is 436 g/mol. The number of thiazole rings is 1. The van der Waals surface area contributed by atoms with Gasteiger partial charge in [0.25, 0.3) is 5.91 Å². The lowest BCUT2D eigenvalue weighted by Gasteiger charge is -2.35. The van der Waals surface area contributed by atoms with Crippen molar-refractivity contribution in [1.82, 2.24) is 20.3 Å². The van der Waals surface area contributed by atoms with Gasteiger partial charge in [-0.1, -0.05) is 19.1 Å². The fraction of sp³-hybridized carbons (Fsp3) is 0.273. The number of amides is 3. The molecular formula is C22H21N5O3S. The van der Waals surface area contributed by atoms with E-state index in [9.17, 15) is 14.4 Å². The van der Waals surface area contributed by atoms with Crippen LogP contribution in [0.25, 0.3) is 10.8 Å². The summed E-state index contributed by atoms with van der Waals surface area (Å²) in [7, 11) is 0. The highest BCUT2D eigenvalue weighted by Gasteiger charge is 2.42. The molecular weight excluding hydrogens is 414 g/mol. The predicted octanol–water partition coefficient (Wildman–Crippen LogP) is 3.25. The van der Waals surface area contributed by atoms with E-state index in [0.29, 0.717) is 46.4 Å². The summed E-state index contributed by atoms with van der Waals surface area (Å²) < 4.78 is 0. The molecule has 0 radical (unpaired) electrons. The summed E-state index contributed by atoms with van der Waals surface area (Å²) >= 11 is 1.24. The van der Waals surface area contributed by atoms with Crippen molar-refractivity contribution in [3.63, 3.8) is 0 Å². The SMILES string of the molecule is CCC1(c2ccc(NC(=O)c3sc(-c4ncccn4)nc3C)cc2)CCC(=O)NC1=O. The third kappa shape index (κ3) is 3.96. The Kier molecular flexibility index (Phi) is 5.60. The van der Waals surface area contributed by atoms with E-state index in [1.807, 2.05) is 19.1 Å². The number of nitrogens with zero attached hydrogens (tertiary/aromatic N) is 3. The van der Waals surface area contributed by atoms with E-state index in [1.54, 1.807) is 37.5 Å². The molecule has 1 aliphatic rings. The van der Waals surface area contributed by atoms with Gasteiger partial charge in [0.2, 0.25) is 11.8 Å². The topological polar surface area (TPSA) is 114 Å². The van der Waals surface area contributed by atoms with Crippen molar-refractivity contribution >= 4 is 34.7 Å². The molecule has 8 nitrogen and oxygen atoms in total. The van der Waals surface area contributed by atoms with Gasteiger partial charge in [-0.3, -0.25) is 19.7 Å². The van der Waals surface area contributed by atoms with Crippen LogP contribution in [0.2, 0.25) is 0 Å². The van der Waals surface area contributed by atoms with Crippen LogP contribution in [0.1, 0.15) is 47.1 Å². The minimum atomic E-state index is -0.727. The fourth-order valence-electron chi connectivity index (χ4n) is 3.74. The van der Waals surface area contributed by atoms with E-state index < -0.39 is 5.41 Å². The van der Waals surface area contributed by atoms with Gasteiger partial charge in [0.15, 0.2) is 10.8 Å². The molecule has 3 aromatic rings. The second-order valence-corrected chi connectivity index (χ2v) is 8.35. The summed E-state index contributed by atoms with van der Waals surface area (Å²) in [6, 6.07) is 8.92. The summed E-state index contributed by atoms with van der Waals surface area (Å²) in [6.07, 6.45) is 4.64. The Hall–Kier alpha value is -3.46. The maximum Gasteiger partial charge on any atom is 0.267 e. The zero-order valence-corrected chi connectivity index (χ0v) is 18.0. The molecule has 31 heavy (non-hydrogen) atoms. The summed E-state index contributed by atoms with van der Waals surface area (Å²) in [5.74, 6) is -0.290. The van der Waals surface area contributed by atoms with Gasteiger partial charge >= 0.3 is 0 Å². The third-order valence-electron chi connectivity index (χ3n) is 5.53. The van der Waals surface area contributed by atoms with Crippen LogP contribution in [0.5, 0.6) is 0 Å². The van der Waals surface area contributed by atoms with Gasteiger partial charge in [-0.25, -0.2) is 15.0 Å². The number of aryl methyl sites for hydroxylation is 1. The summed E-state index contributed by atoms with van der Waals surface area (Å²) in [4.78, 5) is 50.1. The first-order valence-electron chi connectivity index (χ1n) is 9.94. The standard InChI is InChI=1S/C22H21N5O3S/c1-3-22(10-9-16(28)27-21(22)30)14-5-7-15(8-6-14)26-19(29)17-13(2)25-20(31-17)18-23-11-4-12-24-18/h4-8,11-12H,3,9-10H2,1-2H3,(H,26,29)(H,27,28,30). The van der Waals surface area contributed by atoms with Gasteiger partial charge in [-0.2, -0.15) is 0 Å². The number of carbonyl (C=O) groups is 3. The van der Waals surface area contributed by atoms with Crippen LogP contribution >= 0.6 is 11.3 Å². The lowest BCUT2D eigenvalue weighted by Crippen LogP contribution is -2.51. The van der Waals surface area contributed by atoms with Crippen LogP contribution in [0.3, 0.4) is 0 Å². The number of aromatic nitrogens is 3. The lowest BCUT2D eigenvalue weighted by atomic mass is 9.72. The Bertz CT molecular complexity index is 1140. The predicted molar refractivity (Wildman–Crippen MR) is 117 cm³/mol. The van der Waals surface area contributed by atoms with Gasteiger partial charge in [0.1, 0.15) is 4.88 Å². The first-order valence-corrected chi connectivity index (χ1v) is 10.8. The van der Waals surface area contributed by atoms with Crippen molar-refractivity contribution in [2.45, 2.75) is 38.5 Å². The summed E-state index contributed by atoms with van der Waals surface area (Å²) in [6.45, 7) is 3.71. The molecule has 2 aromatic heterocycles. The van der Waals surface area contributed by atoms with Crippen molar-refractivity contribution in [2.75, 3.05) is 5.32 Å². The average Bonchev–Trinajstić information content (AvgIpc) is 3.17. The minimum Gasteiger partial charge on any atom is -0.321 e. The maximum absolute atomic E-state index is 12.8. The highest BCUT2D eigenvalue weighted by molar-refractivity contribution is 7.17. The number of hydrogen-bond acceptors (Lipinski definition) is 7. The molecule has 4 rings (SSSR count). The van der Waals surface area contributed by atoms with E-state index in [0.717, 1.165) is 5.56 Å². The molecule has 0 spiro atoms. The molecule has 0 bridgehead atoms. The molecule has 1 saturated heterocycles. The number of carbonyl (C=O) groups excluding carboxylic acids is 3.